The van der Waals surface area contributed by atoms with Crippen molar-refractivity contribution in [2.45, 2.75) is 43.5 Å². The van der Waals surface area contributed by atoms with Crippen LogP contribution in [-0.4, -0.2) is 20.2 Å². The van der Waals surface area contributed by atoms with Crippen LogP contribution in [0.15, 0.2) is 29.2 Å². The molecule has 1 rings (SSSR count). The lowest BCUT2D eigenvalue weighted by Gasteiger charge is -2.24. The Labute approximate surface area is 104 Å². The largest absolute Gasteiger partial charge is 0.325 e. The predicted molar refractivity (Wildman–Crippen MR) is 70.8 cm³/mol. The number of hydrogen-bond donors (Lipinski definition) is 1. The van der Waals surface area contributed by atoms with Gasteiger partial charge in [-0.15, -0.1) is 0 Å². The van der Waals surface area contributed by atoms with Gasteiger partial charge in [-0.1, -0.05) is 25.5 Å². The normalized spacial score (nSPS) is 15.5. The van der Waals surface area contributed by atoms with Gasteiger partial charge in [-0.2, -0.15) is 0 Å². The van der Waals surface area contributed by atoms with Crippen LogP contribution >= 0.6 is 0 Å². The van der Waals surface area contributed by atoms with Crippen molar-refractivity contribution in [1.29, 1.82) is 0 Å². The summed E-state index contributed by atoms with van der Waals surface area (Å²) in [7, 11) is -3.10. The third-order valence-corrected chi connectivity index (χ3v) is 3.91. The number of nitrogens with two attached hydrogens (primary N) is 1. The van der Waals surface area contributed by atoms with Gasteiger partial charge in [0, 0.05) is 11.8 Å². The van der Waals surface area contributed by atoms with Gasteiger partial charge in [-0.25, -0.2) is 8.42 Å². The van der Waals surface area contributed by atoms with Crippen molar-refractivity contribution in [3.05, 3.63) is 29.8 Å². The Balaban J connectivity index is 2.82. The van der Waals surface area contributed by atoms with E-state index in [0.717, 1.165) is 24.8 Å². The van der Waals surface area contributed by atoms with Crippen LogP contribution in [0.3, 0.4) is 0 Å². The van der Waals surface area contributed by atoms with Crippen molar-refractivity contribution in [2.75, 3.05) is 6.26 Å². The first kappa shape index (κ1) is 14.2. The van der Waals surface area contributed by atoms with Crippen molar-refractivity contribution >= 4 is 9.84 Å². The van der Waals surface area contributed by atoms with Crippen LogP contribution < -0.4 is 5.73 Å². The van der Waals surface area contributed by atoms with Gasteiger partial charge in [-0.05, 0) is 37.5 Å². The summed E-state index contributed by atoms with van der Waals surface area (Å²) in [5, 5.41) is 0. The molecule has 4 heteroatoms. The number of rotatable bonds is 5. The SMILES string of the molecule is CCC[C@](C)(N)Cc1ccc(S(C)(=O)=O)cc1. The van der Waals surface area contributed by atoms with Gasteiger partial charge in [0.1, 0.15) is 0 Å². The molecule has 0 amide bonds. The van der Waals surface area contributed by atoms with Gasteiger partial charge in [0.2, 0.25) is 0 Å². The number of benzene rings is 1. The molecule has 0 aromatic heterocycles. The molecule has 0 aliphatic carbocycles. The molecule has 1 aromatic rings. The van der Waals surface area contributed by atoms with E-state index < -0.39 is 9.84 Å². The van der Waals surface area contributed by atoms with Crippen molar-refractivity contribution in [1.82, 2.24) is 0 Å². The topological polar surface area (TPSA) is 60.2 Å². The van der Waals surface area contributed by atoms with Crippen LogP contribution in [0.4, 0.5) is 0 Å². The Kier molecular flexibility index (Phi) is 4.33. The van der Waals surface area contributed by atoms with E-state index in [4.69, 9.17) is 5.73 Å². The molecule has 1 aromatic carbocycles. The third kappa shape index (κ3) is 4.48. The maximum absolute atomic E-state index is 11.3. The van der Waals surface area contributed by atoms with Crippen molar-refractivity contribution in [3.8, 4) is 0 Å². The van der Waals surface area contributed by atoms with Crippen LogP contribution in [0.5, 0.6) is 0 Å². The van der Waals surface area contributed by atoms with Crippen LogP contribution in [0.2, 0.25) is 0 Å². The zero-order valence-electron chi connectivity index (χ0n) is 10.7. The quantitative estimate of drug-likeness (QED) is 0.877. The van der Waals surface area contributed by atoms with Crippen molar-refractivity contribution < 1.29 is 8.42 Å². The lowest BCUT2D eigenvalue weighted by Crippen LogP contribution is -2.38. The second kappa shape index (κ2) is 5.19. The van der Waals surface area contributed by atoms with E-state index in [1.54, 1.807) is 12.1 Å². The van der Waals surface area contributed by atoms with E-state index in [2.05, 4.69) is 6.92 Å². The molecule has 0 heterocycles. The van der Waals surface area contributed by atoms with Gasteiger partial charge in [0.05, 0.1) is 4.90 Å². The molecule has 0 spiro atoms. The summed E-state index contributed by atoms with van der Waals surface area (Å²) in [5.74, 6) is 0. The molecule has 0 bridgehead atoms. The Bertz CT molecular complexity index is 461. The number of hydrogen-bond acceptors (Lipinski definition) is 3. The highest BCUT2D eigenvalue weighted by Gasteiger charge is 2.18. The molecule has 1 atom stereocenters. The van der Waals surface area contributed by atoms with Gasteiger partial charge >= 0.3 is 0 Å². The Morgan fingerprint density at radius 1 is 1.24 bits per heavy atom. The second-order valence-electron chi connectivity index (χ2n) is 5.00. The minimum atomic E-state index is -3.10. The van der Waals surface area contributed by atoms with E-state index in [1.807, 2.05) is 19.1 Å². The van der Waals surface area contributed by atoms with Crippen molar-refractivity contribution in [2.24, 2.45) is 5.73 Å². The Morgan fingerprint density at radius 2 is 1.76 bits per heavy atom. The van der Waals surface area contributed by atoms with E-state index >= 15 is 0 Å². The average Bonchev–Trinajstić information content (AvgIpc) is 2.16. The van der Waals surface area contributed by atoms with Gasteiger partial charge in [0.25, 0.3) is 0 Å². The molecular weight excluding hydrogens is 234 g/mol. The Morgan fingerprint density at radius 3 is 2.18 bits per heavy atom. The monoisotopic (exact) mass is 255 g/mol. The fourth-order valence-corrected chi connectivity index (χ4v) is 2.61. The average molecular weight is 255 g/mol. The van der Waals surface area contributed by atoms with E-state index in [0.29, 0.717) is 4.90 Å². The summed E-state index contributed by atoms with van der Waals surface area (Å²) >= 11 is 0. The van der Waals surface area contributed by atoms with Crippen LogP contribution in [0.1, 0.15) is 32.3 Å². The molecule has 3 nitrogen and oxygen atoms in total. The summed E-state index contributed by atoms with van der Waals surface area (Å²) in [4.78, 5) is 0.357. The molecule has 0 aliphatic heterocycles. The highest BCUT2D eigenvalue weighted by Crippen LogP contribution is 2.18. The predicted octanol–water partition coefficient (Wildman–Crippen LogP) is 2.15. The second-order valence-corrected chi connectivity index (χ2v) is 7.01. The molecule has 0 radical (unpaired) electrons. The lowest BCUT2D eigenvalue weighted by molar-refractivity contribution is 0.424. The van der Waals surface area contributed by atoms with E-state index in [-0.39, 0.29) is 5.54 Å². The first-order chi connectivity index (χ1) is 7.74. The summed E-state index contributed by atoms with van der Waals surface area (Å²) in [6, 6.07) is 6.98. The third-order valence-electron chi connectivity index (χ3n) is 2.78. The molecule has 17 heavy (non-hydrogen) atoms. The summed E-state index contributed by atoms with van der Waals surface area (Å²) in [6.07, 6.45) is 3.99. The maximum Gasteiger partial charge on any atom is 0.175 e. The van der Waals surface area contributed by atoms with Gasteiger partial charge in [0.15, 0.2) is 9.84 Å². The first-order valence-corrected chi connectivity index (χ1v) is 7.71. The van der Waals surface area contributed by atoms with E-state index in [1.165, 1.54) is 6.26 Å². The van der Waals surface area contributed by atoms with Crippen LogP contribution in [0.25, 0.3) is 0 Å². The zero-order chi connectivity index (χ0) is 13.1. The molecule has 2 N–H and O–H groups in total. The van der Waals surface area contributed by atoms with E-state index in [9.17, 15) is 8.42 Å². The van der Waals surface area contributed by atoms with Crippen LogP contribution in [0, 0.1) is 0 Å². The summed E-state index contributed by atoms with van der Waals surface area (Å²) in [5.41, 5.74) is 7.02. The van der Waals surface area contributed by atoms with Crippen LogP contribution in [-0.2, 0) is 16.3 Å². The maximum atomic E-state index is 11.3. The first-order valence-electron chi connectivity index (χ1n) is 5.82. The molecule has 96 valence electrons. The summed E-state index contributed by atoms with van der Waals surface area (Å²) < 4.78 is 22.6. The minimum Gasteiger partial charge on any atom is -0.325 e. The fraction of sp³-hybridized carbons (Fsp3) is 0.538. The lowest BCUT2D eigenvalue weighted by atomic mass is 9.90. The Hall–Kier alpha value is -0.870. The minimum absolute atomic E-state index is 0.221. The van der Waals surface area contributed by atoms with Gasteiger partial charge < -0.3 is 5.73 Å². The fourth-order valence-electron chi connectivity index (χ4n) is 1.98. The molecule has 0 aliphatic rings. The van der Waals surface area contributed by atoms with Gasteiger partial charge in [-0.3, -0.25) is 0 Å². The smallest absolute Gasteiger partial charge is 0.175 e. The summed E-state index contributed by atoms with van der Waals surface area (Å²) in [6.45, 7) is 4.14. The molecule has 0 saturated carbocycles. The zero-order valence-corrected chi connectivity index (χ0v) is 11.5. The number of sulfone groups is 1. The molecule has 0 saturated heterocycles. The highest BCUT2D eigenvalue weighted by molar-refractivity contribution is 7.90. The standard InChI is InChI=1S/C13H21NO2S/c1-4-9-13(2,14)10-11-5-7-12(8-6-11)17(3,15)16/h5-8H,4,9-10,14H2,1-3H3/t13-/m0/s1. The molecule has 0 fully saturated rings. The highest BCUT2D eigenvalue weighted by atomic mass is 32.2. The molecular formula is C13H21NO2S. The molecule has 0 unspecified atom stereocenters. The van der Waals surface area contributed by atoms with Crippen molar-refractivity contribution in [3.63, 3.8) is 0 Å².